The first-order valence-electron chi connectivity index (χ1n) is 5.59. The minimum atomic E-state index is -0.186. The normalized spacial score (nSPS) is 10.6. The van der Waals surface area contributed by atoms with Gasteiger partial charge in [0.05, 0.1) is 24.3 Å². The molecule has 2 heterocycles. The zero-order valence-corrected chi connectivity index (χ0v) is 11.3. The summed E-state index contributed by atoms with van der Waals surface area (Å²) in [5.74, 6) is -0.186. The number of aromatic nitrogens is 3. The number of benzene rings is 1. The van der Waals surface area contributed by atoms with E-state index in [1.165, 1.54) is 0 Å². The third-order valence-electron chi connectivity index (χ3n) is 2.59. The van der Waals surface area contributed by atoms with E-state index in [0.29, 0.717) is 11.3 Å². The van der Waals surface area contributed by atoms with Crippen LogP contribution in [0.4, 0.5) is 5.69 Å². The SMILES string of the molecule is O=C(Nc1cnc2ccnn2c1)c1cccc(Br)c1. The highest BCUT2D eigenvalue weighted by molar-refractivity contribution is 9.10. The maximum atomic E-state index is 12.1. The lowest BCUT2D eigenvalue weighted by atomic mass is 10.2. The first-order valence-corrected chi connectivity index (χ1v) is 6.38. The summed E-state index contributed by atoms with van der Waals surface area (Å²) >= 11 is 3.34. The van der Waals surface area contributed by atoms with Crippen LogP contribution in [-0.4, -0.2) is 20.5 Å². The Bertz CT molecular complexity index is 753. The molecule has 0 aliphatic rings. The quantitative estimate of drug-likeness (QED) is 0.790. The summed E-state index contributed by atoms with van der Waals surface area (Å²) < 4.78 is 2.47. The Morgan fingerprint density at radius 3 is 3.05 bits per heavy atom. The lowest BCUT2D eigenvalue weighted by molar-refractivity contribution is 0.102. The van der Waals surface area contributed by atoms with Crippen molar-refractivity contribution in [2.24, 2.45) is 0 Å². The molecule has 1 N–H and O–H groups in total. The summed E-state index contributed by atoms with van der Waals surface area (Å²) in [7, 11) is 0. The van der Waals surface area contributed by atoms with E-state index in [1.807, 2.05) is 12.1 Å². The van der Waals surface area contributed by atoms with Crippen LogP contribution < -0.4 is 5.32 Å². The highest BCUT2D eigenvalue weighted by Gasteiger charge is 2.07. The standard InChI is InChI=1S/C13H9BrN4O/c14-10-3-1-2-9(6-10)13(19)17-11-7-15-12-4-5-16-18(12)8-11/h1-8H,(H,17,19). The van der Waals surface area contributed by atoms with Crippen molar-refractivity contribution < 1.29 is 4.79 Å². The van der Waals surface area contributed by atoms with Crippen molar-refractivity contribution in [1.82, 2.24) is 14.6 Å². The fraction of sp³-hybridized carbons (Fsp3) is 0. The average Bonchev–Trinajstić information content (AvgIpc) is 2.86. The van der Waals surface area contributed by atoms with E-state index in [9.17, 15) is 4.79 Å². The molecule has 0 aliphatic heterocycles. The number of halogens is 1. The van der Waals surface area contributed by atoms with Crippen LogP contribution in [0.5, 0.6) is 0 Å². The molecule has 1 aromatic carbocycles. The number of hydrogen-bond acceptors (Lipinski definition) is 3. The first-order chi connectivity index (χ1) is 9.22. The Kier molecular flexibility index (Phi) is 3.00. The van der Waals surface area contributed by atoms with Crippen molar-refractivity contribution in [3.8, 4) is 0 Å². The summed E-state index contributed by atoms with van der Waals surface area (Å²) in [6.07, 6.45) is 4.98. The van der Waals surface area contributed by atoms with Gasteiger partial charge in [-0.2, -0.15) is 5.10 Å². The van der Waals surface area contributed by atoms with Gasteiger partial charge in [-0.15, -0.1) is 0 Å². The maximum absolute atomic E-state index is 12.1. The number of rotatable bonds is 2. The predicted octanol–water partition coefficient (Wildman–Crippen LogP) is 2.74. The van der Waals surface area contributed by atoms with Crippen molar-refractivity contribution in [2.75, 3.05) is 5.32 Å². The lowest BCUT2D eigenvalue weighted by Gasteiger charge is -2.05. The van der Waals surface area contributed by atoms with Crippen molar-refractivity contribution in [3.05, 3.63) is 59.0 Å². The van der Waals surface area contributed by atoms with Crippen molar-refractivity contribution in [3.63, 3.8) is 0 Å². The largest absolute Gasteiger partial charge is 0.319 e. The molecule has 0 saturated heterocycles. The Morgan fingerprint density at radius 1 is 1.32 bits per heavy atom. The molecule has 0 radical (unpaired) electrons. The van der Waals surface area contributed by atoms with Crippen LogP contribution in [0.3, 0.4) is 0 Å². The van der Waals surface area contributed by atoms with E-state index in [-0.39, 0.29) is 5.91 Å². The molecule has 0 bridgehead atoms. The Balaban J connectivity index is 1.86. The van der Waals surface area contributed by atoms with Crippen LogP contribution in [0, 0.1) is 0 Å². The predicted molar refractivity (Wildman–Crippen MR) is 75.1 cm³/mol. The zero-order chi connectivity index (χ0) is 13.2. The van der Waals surface area contributed by atoms with E-state index < -0.39 is 0 Å². The Hall–Kier alpha value is -2.21. The fourth-order valence-corrected chi connectivity index (χ4v) is 2.11. The minimum absolute atomic E-state index is 0.186. The molecule has 0 spiro atoms. The van der Waals surface area contributed by atoms with Crippen molar-refractivity contribution >= 4 is 33.2 Å². The summed E-state index contributed by atoms with van der Waals surface area (Å²) in [5, 5.41) is 6.85. The van der Waals surface area contributed by atoms with Gasteiger partial charge in [0.25, 0.3) is 5.91 Å². The maximum Gasteiger partial charge on any atom is 0.255 e. The van der Waals surface area contributed by atoms with Gasteiger partial charge in [-0.25, -0.2) is 9.50 Å². The second kappa shape index (κ2) is 4.81. The highest BCUT2D eigenvalue weighted by Crippen LogP contribution is 2.14. The van der Waals surface area contributed by atoms with E-state index in [1.54, 1.807) is 41.3 Å². The highest BCUT2D eigenvalue weighted by atomic mass is 79.9. The van der Waals surface area contributed by atoms with Crippen LogP contribution in [0.1, 0.15) is 10.4 Å². The molecule has 0 fully saturated rings. The number of anilines is 1. The summed E-state index contributed by atoms with van der Waals surface area (Å²) in [6, 6.07) is 8.98. The molecule has 94 valence electrons. The summed E-state index contributed by atoms with van der Waals surface area (Å²) in [4.78, 5) is 16.2. The fourth-order valence-electron chi connectivity index (χ4n) is 1.71. The summed E-state index contributed by atoms with van der Waals surface area (Å²) in [5.41, 5.74) is 1.91. The molecular weight excluding hydrogens is 308 g/mol. The number of fused-ring (bicyclic) bond motifs is 1. The van der Waals surface area contributed by atoms with Gasteiger partial charge in [0.1, 0.15) is 0 Å². The van der Waals surface area contributed by atoms with Gasteiger partial charge in [0, 0.05) is 16.1 Å². The van der Waals surface area contributed by atoms with E-state index in [0.717, 1.165) is 10.1 Å². The number of carbonyl (C=O) groups excluding carboxylic acids is 1. The minimum Gasteiger partial charge on any atom is -0.319 e. The molecule has 0 saturated carbocycles. The number of nitrogens with zero attached hydrogens (tertiary/aromatic N) is 3. The van der Waals surface area contributed by atoms with Crippen LogP contribution in [-0.2, 0) is 0 Å². The first kappa shape index (κ1) is 11.9. The van der Waals surface area contributed by atoms with Gasteiger partial charge in [0.15, 0.2) is 5.65 Å². The second-order valence-electron chi connectivity index (χ2n) is 3.94. The topological polar surface area (TPSA) is 59.3 Å². The van der Waals surface area contributed by atoms with Gasteiger partial charge in [0.2, 0.25) is 0 Å². The molecule has 0 atom stereocenters. The van der Waals surface area contributed by atoms with Crippen LogP contribution in [0.2, 0.25) is 0 Å². The molecule has 3 rings (SSSR count). The average molecular weight is 317 g/mol. The molecule has 5 nitrogen and oxygen atoms in total. The third-order valence-corrected chi connectivity index (χ3v) is 3.08. The molecular formula is C13H9BrN4O. The Labute approximate surface area is 117 Å². The van der Waals surface area contributed by atoms with Crippen molar-refractivity contribution in [2.45, 2.75) is 0 Å². The van der Waals surface area contributed by atoms with Crippen molar-refractivity contribution in [1.29, 1.82) is 0 Å². The van der Waals surface area contributed by atoms with Gasteiger partial charge < -0.3 is 5.32 Å². The number of hydrogen-bond donors (Lipinski definition) is 1. The molecule has 6 heteroatoms. The van der Waals surface area contributed by atoms with Crippen LogP contribution >= 0.6 is 15.9 Å². The molecule has 1 amide bonds. The third kappa shape index (κ3) is 2.48. The molecule has 0 aliphatic carbocycles. The van der Waals surface area contributed by atoms with Crippen LogP contribution in [0.25, 0.3) is 5.65 Å². The Morgan fingerprint density at radius 2 is 2.21 bits per heavy atom. The molecule has 2 aromatic heterocycles. The van der Waals surface area contributed by atoms with Crippen LogP contribution in [0.15, 0.2) is 53.4 Å². The smallest absolute Gasteiger partial charge is 0.255 e. The number of carbonyl (C=O) groups is 1. The molecule has 3 aromatic rings. The number of nitrogens with one attached hydrogen (secondary N) is 1. The van der Waals surface area contributed by atoms with Gasteiger partial charge >= 0.3 is 0 Å². The zero-order valence-electron chi connectivity index (χ0n) is 9.75. The van der Waals surface area contributed by atoms with Gasteiger partial charge in [-0.3, -0.25) is 4.79 Å². The van der Waals surface area contributed by atoms with Gasteiger partial charge in [-0.05, 0) is 18.2 Å². The molecule has 19 heavy (non-hydrogen) atoms. The van der Waals surface area contributed by atoms with E-state index in [4.69, 9.17) is 0 Å². The van der Waals surface area contributed by atoms with E-state index >= 15 is 0 Å². The lowest BCUT2D eigenvalue weighted by Crippen LogP contribution is -2.12. The summed E-state index contributed by atoms with van der Waals surface area (Å²) in [6.45, 7) is 0. The number of amides is 1. The molecule has 0 unspecified atom stereocenters. The second-order valence-corrected chi connectivity index (χ2v) is 4.86. The monoisotopic (exact) mass is 316 g/mol. The van der Waals surface area contributed by atoms with Gasteiger partial charge in [-0.1, -0.05) is 22.0 Å². The van der Waals surface area contributed by atoms with E-state index in [2.05, 4.69) is 31.3 Å².